The summed E-state index contributed by atoms with van der Waals surface area (Å²) in [5.74, 6) is 2.84. The van der Waals surface area contributed by atoms with Crippen molar-refractivity contribution in [1.82, 2.24) is 5.32 Å². The first-order valence-corrected chi connectivity index (χ1v) is 10.3. The van der Waals surface area contributed by atoms with Crippen LogP contribution in [0.4, 0.5) is 4.79 Å². The van der Waals surface area contributed by atoms with Crippen LogP contribution < -0.4 is 19.5 Å². The first-order valence-electron chi connectivity index (χ1n) is 10.3. The van der Waals surface area contributed by atoms with Gasteiger partial charge in [0, 0.05) is 16.5 Å². The number of aryl methyl sites for hydroxylation is 1. The zero-order valence-corrected chi connectivity index (χ0v) is 18.2. The number of benzene rings is 2. The van der Waals surface area contributed by atoms with E-state index < -0.39 is 6.09 Å². The summed E-state index contributed by atoms with van der Waals surface area (Å²) >= 11 is 0. The molecule has 1 N–H and O–H groups in total. The van der Waals surface area contributed by atoms with E-state index in [1.54, 1.807) is 7.11 Å². The molecule has 0 spiro atoms. The second kappa shape index (κ2) is 8.41. The number of ether oxygens (including phenoxy) is 4. The summed E-state index contributed by atoms with van der Waals surface area (Å²) in [6.07, 6.45) is 1.06. The third-order valence-electron chi connectivity index (χ3n) is 4.84. The first-order chi connectivity index (χ1) is 14.8. The number of carbonyl (C=O) groups is 1. The average Bonchev–Trinajstić information content (AvgIpc) is 3.35. The van der Waals surface area contributed by atoms with Gasteiger partial charge in [0.25, 0.3) is 0 Å². The molecule has 1 amide bonds. The van der Waals surface area contributed by atoms with Crippen molar-refractivity contribution in [3.8, 4) is 28.6 Å². The minimum Gasteiger partial charge on any atom is -0.493 e. The molecule has 1 aliphatic heterocycles. The van der Waals surface area contributed by atoms with Crippen LogP contribution in [0.5, 0.6) is 17.2 Å². The smallest absolute Gasteiger partial charge is 0.407 e. The Balaban J connectivity index is 1.47. The topological polar surface area (TPSA) is 79.2 Å². The van der Waals surface area contributed by atoms with Crippen LogP contribution in [0.2, 0.25) is 0 Å². The van der Waals surface area contributed by atoms with Crippen LogP contribution in [-0.4, -0.2) is 32.1 Å². The average molecular weight is 425 g/mol. The summed E-state index contributed by atoms with van der Waals surface area (Å²) in [6.45, 7) is 6.32. The van der Waals surface area contributed by atoms with Gasteiger partial charge in [0.05, 0.1) is 13.7 Å². The molecule has 7 nitrogen and oxygen atoms in total. The van der Waals surface area contributed by atoms with Gasteiger partial charge in [-0.2, -0.15) is 0 Å². The Morgan fingerprint density at radius 2 is 1.90 bits per heavy atom. The third kappa shape index (κ3) is 4.87. The van der Waals surface area contributed by atoms with Crippen molar-refractivity contribution in [2.24, 2.45) is 0 Å². The number of rotatable bonds is 6. The Hall–Kier alpha value is -3.35. The van der Waals surface area contributed by atoms with Crippen molar-refractivity contribution >= 4 is 17.1 Å². The van der Waals surface area contributed by atoms with Crippen LogP contribution in [0.15, 0.2) is 40.8 Å². The predicted molar refractivity (Wildman–Crippen MR) is 117 cm³/mol. The largest absolute Gasteiger partial charge is 0.493 e. The SMILES string of the molecule is COc1cc(CCCOC(=O)NC(C)(C)C)cc2cc(-c3ccc4c(c3)OCO4)oc12. The maximum atomic E-state index is 11.8. The van der Waals surface area contributed by atoms with Crippen molar-refractivity contribution in [2.75, 3.05) is 20.5 Å². The molecule has 1 aromatic heterocycles. The summed E-state index contributed by atoms with van der Waals surface area (Å²) in [5.41, 5.74) is 2.37. The van der Waals surface area contributed by atoms with E-state index in [9.17, 15) is 4.79 Å². The molecule has 0 unspecified atom stereocenters. The molecule has 0 saturated carbocycles. The van der Waals surface area contributed by atoms with Gasteiger partial charge in [0.2, 0.25) is 6.79 Å². The van der Waals surface area contributed by atoms with Gasteiger partial charge in [-0.25, -0.2) is 4.79 Å². The van der Waals surface area contributed by atoms with E-state index in [1.807, 2.05) is 51.1 Å². The van der Waals surface area contributed by atoms with Crippen LogP contribution in [0, 0.1) is 0 Å². The number of amides is 1. The van der Waals surface area contributed by atoms with Crippen LogP contribution in [-0.2, 0) is 11.2 Å². The summed E-state index contributed by atoms with van der Waals surface area (Å²) in [4.78, 5) is 11.8. The molecule has 0 saturated heterocycles. The van der Waals surface area contributed by atoms with Crippen LogP contribution in [0.3, 0.4) is 0 Å². The van der Waals surface area contributed by atoms with E-state index in [1.165, 1.54) is 0 Å². The van der Waals surface area contributed by atoms with E-state index in [0.29, 0.717) is 30.1 Å². The molecule has 7 heteroatoms. The number of fused-ring (bicyclic) bond motifs is 2. The number of hydrogen-bond acceptors (Lipinski definition) is 6. The molecular formula is C24H27NO6. The lowest BCUT2D eigenvalue weighted by molar-refractivity contribution is 0.136. The molecule has 164 valence electrons. The molecule has 4 rings (SSSR count). The summed E-state index contributed by atoms with van der Waals surface area (Å²) in [6, 6.07) is 11.8. The number of alkyl carbamates (subject to hydrolysis) is 1. The second-order valence-corrected chi connectivity index (χ2v) is 8.51. The Bertz CT molecular complexity index is 1100. The summed E-state index contributed by atoms with van der Waals surface area (Å²) in [5, 5.41) is 3.74. The molecule has 0 bridgehead atoms. The van der Waals surface area contributed by atoms with Gasteiger partial charge in [-0.05, 0) is 75.6 Å². The van der Waals surface area contributed by atoms with Gasteiger partial charge >= 0.3 is 6.09 Å². The lowest BCUT2D eigenvalue weighted by Crippen LogP contribution is -2.41. The van der Waals surface area contributed by atoms with E-state index in [0.717, 1.165) is 34.4 Å². The lowest BCUT2D eigenvalue weighted by Gasteiger charge is -2.19. The molecule has 3 aromatic rings. The summed E-state index contributed by atoms with van der Waals surface area (Å²) in [7, 11) is 1.63. The number of carbonyl (C=O) groups excluding carboxylic acids is 1. The Morgan fingerprint density at radius 3 is 2.68 bits per heavy atom. The van der Waals surface area contributed by atoms with E-state index in [2.05, 4.69) is 11.4 Å². The quantitative estimate of drug-likeness (QED) is 0.540. The Kier molecular flexibility index (Phi) is 5.67. The van der Waals surface area contributed by atoms with Crippen molar-refractivity contribution in [1.29, 1.82) is 0 Å². The van der Waals surface area contributed by atoms with Crippen molar-refractivity contribution in [3.05, 3.63) is 42.0 Å². The van der Waals surface area contributed by atoms with E-state index in [4.69, 9.17) is 23.4 Å². The molecule has 2 aromatic carbocycles. The third-order valence-corrected chi connectivity index (χ3v) is 4.84. The predicted octanol–water partition coefficient (Wildman–Crippen LogP) is 5.29. The van der Waals surface area contributed by atoms with Gasteiger partial charge in [0.15, 0.2) is 22.8 Å². The Morgan fingerprint density at radius 1 is 1.10 bits per heavy atom. The van der Waals surface area contributed by atoms with Gasteiger partial charge < -0.3 is 28.7 Å². The highest BCUT2D eigenvalue weighted by molar-refractivity contribution is 5.88. The van der Waals surface area contributed by atoms with Crippen molar-refractivity contribution < 1.29 is 28.2 Å². The fourth-order valence-electron chi connectivity index (χ4n) is 3.45. The van der Waals surface area contributed by atoms with E-state index in [-0.39, 0.29) is 12.3 Å². The van der Waals surface area contributed by atoms with E-state index >= 15 is 0 Å². The number of furan rings is 1. The normalized spacial score (nSPS) is 12.8. The van der Waals surface area contributed by atoms with Crippen LogP contribution in [0.1, 0.15) is 32.8 Å². The molecular weight excluding hydrogens is 398 g/mol. The first kappa shape index (κ1) is 20.9. The number of methoxy groups -OCH3 is 1. The van der Waals surface area contributed by atoms with Gasteiger partial charge in [-0.3, -0.25) is 0 Å². The van der Waals surface area contributed by atoms with Crippen LogP contribution >= 0.6 is 0 Å². The highest BCUT2D eigenvalue weighted by atomic mass is 16.7. The molecule has 2 heterocycles. The number of nitrogens with one attached hydrogen (secondary N) is 1. The zero-order valence-electron chi connectivity index (χ0n) is 18.2. The molecule has 0 radical (unpaired) electrons. The maximum Gasteiger partial charge on any atom is 0.407 e. The fraction of sp³-hybridized carbons (Fsp3) is 0.375. The van der Waals surface area contributed by atoms with Gasteiger partial charge in [0.1, 0.15) is 5.76 Å². The second-order valence-electron chi connectivity index (χ2n) is 8.51. The highest BCUT2D eigenvalue weighted by Crippen LogP contribution is 2.39. The zero-order chi connectivity index (χ0) is 22.0. The minimum absolute atomic E-state index is 0.234. The van der Waals surface area contributed by atoms with Crippen molar-refractivity contribution in [2.45, 2.75) is 39.2 Å². The lowest BCUT2D eigenvalue weighted by atomic mass is 10.1. The molecule has 0 fully saturated rings. The van der Waals surface area contributed by atoms with Crippen LogP contribution in [0.25, 0.3) is 22.3 Å². The van der Waals surface area contributed by atoms with Gasteiger partial charge in [-0.15, -0.1) is 0 Å². The number of hydrogen-bond donors (Lipinski definition) is 1. The van der Waals surface area contributed by atoms with Gasteiger partial charge in [-0.1, -0.05) is 0 Å². The fourth-order valence-corrected chi connectivity index (χ4v) is 3.45. The Labute approximate surface area is 181 Å². The molecule has 1 aliphatic rings. The standard InChI is InChI=1S/C24H27NO6/c1-24(2,3)25-23(26)28-9-5-6-15-10-17-13-19(31-22(17)21(11-15)27-4)16-7-8-18-20(12-16)30-14-29-18/h7-8,10-13H,5-6,9,14H2,1-4H3,(H,25,26). The maximum absolute atomic E-state index is 11.8. The van der Waals surface area contributed by atoms with Crippen molar-refractivity contribution in [3.63, 3.8) is 0 Å². The highest BCUT2D eigenvalue weighted by Gasteiger charge is 2.18. The monoisotopic (exact) mass is 425 g/mol. The summed E-state index contributed by atoms with van der Waals surface area (Å²) < 4.78 is 27.8. The molecule has 0 atom stereocenters. The molecule has 31 heavy (non-hydrogen) atoms. The molecule has 0 aliphatic carbocycles. The minimum atomic E-state index is -0.399.